The van der Waals surface area contributed by atoms with Crippen molar-refractivity contribution in [1.82, 2.24) is 5.32 Å². The molecule has 1 aliphatic heterocycles. The van der Waals surface area contributed by atoms with Crippen LogP contribution >= 0.6 is 0 Å². The van der Waals surface area contributed by atoms with Crippen molar-refractivity contribution < 1.29 is 14.6 Å². The normalized spacial score (nSPS) is 27.9. The van der Waals surface area contributed by atoms with E-state index in [1.54, 1.807) is 14.2 Å². The van der Waals surface area contributed by atoms with Crippen LogP contribution in [0.1, 0.15) is 31.4 Å². The number of hydrogen-bond donors (Lipinski definition) is 2. The fourth-order valence-corrected chi connectivity index (χ4v) is 2.56. The van der Waals surface area contributed by atoms with Gasteiger partial charge in [0.05, 0.1) is 20.3 Å². The van der Waals surface area contributed by atoms with Crippen LogP contribution in [0.2, 0.25) is 0 Å². The summed E-state index contributed by atoms with van der Waals surface area (Å²) >= 11 is 0. The molecule has 4 nitrogen and oxygen atoms in total. The topological polar surface area (TPSA) is 50.7 Å². The second-order valence-electron chi connectivity index (χ2n) is 4.86. The van der Waals surface area contributed by atoms with Crippen LogP contribution in [0, 0.1) is 0 Å². The molecule has 2 N–H and O–H groups in total. The van der Waals surface area contributed by atoms with Crippen molar-refractivity contribution in [1.29, 1.82) is 0 Å². The lowest BCUT2D eigenvalue weighted by Gasteiger charge is -2.32. The molecule has 0 aromatic heterocycles. The van der Waals surface area contributed by atoms with E-state index in [0.29, 0.717) is 6.04 Å². The Kier molecular flexibility index (Phi) is 4.09. The highest BCUT2D eigenvalue weighted by molar-refractivity contribution is 5.43. The number of aliphatic hydroxyl groups excluding tert-OH is 1. The van der Waals surface area contributed by atoms with Gasteiger partial charge in [0.15, 0.2) is 11.5 Å². The second kappa shape index (κ2) is 5.59. The molecule has 1 aliphatic rings. The molecule has 100 valence electrons. The van der Waals surface area contributed by atoms with E-state index in [0.717, 1.165) is 29.9 Å². The third-order valence-corrected chi connectivity index (χ3v) is 3.43. The summed E-state index contributed by atoms with van der Waals surface area (Å²) in [4.78, 5) is 0. The highest BCUT2D eigenvalue weighted by Gasteiger charge is 2.26. The molecule has 0 amide bonds. The molecule has 3 unspecified atom stereocenters. The summed E-state index contributed by atoms with van der Waals surface area (Å²) in [5.74, 6) is 1.45. The molecule has 1 heterocycles. The molecule has 0 radical (unpaired) electrons. The van der Waals surface area contributed by atoms with Crippen LogP contribution in [0.3, 0.4) is 0 Å². The Labute approximate surface area is 108 Å². The summed E-state index contributed by atoms with van der Waals surface area (Å²) in [5, 5.41) is 13.3. The van der Waals surface area contributed by atoms with E-state index in [1.165, 1.54) is 0 Å². The zero-order valence-electron chi connectivity index (χ0n) is 11.1. The van der Waals surface area contributed by atoms with Crippen molar-refractivity contribution >= 4 is 0 Å². The van der Waals surface area contributed by atoms with Gasteiger partial charge in [-0.25, -0.2) is 0 Å². The molecular weight excluding hydrogens is 230 g/mol. The second-order valence-corrected chi connectivity index (χ2v) is 4.86. The van der Waals surface area contributed by atoms with Crippen LogP contribution in [0.25, 0.3) is 0 Å². The van der Waals surface area contributed by atoms with Crippen LogP contribution < -0.4 is 14.8 Å². The van der Waals surface area contributed by atoms with Crippen LogP contribution in [-0.2, 0) is 0 Å². The maximum atomic E-state index is 9.84. The van der Waals surface area contributed by atoms with Crippen molar-refractivity contribution in [2.45, 2.75) is 38.0 Å². The van der Waals surface area contributed by atoms with Crippen molar-refractivity contribution in [3.8, 4) is 11.5 Å². The van der Waals surface area contributed by atoms with Gasteiger partial charge >= 0.3 is 0 Å². The van der Waals surface area contributed by atoms with Gasteiger partial charge in [0.25, 0.3) is 0 Å². The Morgan fingerprint density at radius 2 is 1.89 bits per heavy atom. The van der Waals surface area contributed by atoms with Gasteiger partial charge in [0.2, 0.25) is 0 Å². The van der Waals surface area contributed by atoms with Crippen LogP contribution in [0.5, 0.6) is 11.5 Å². The minimum absolute atomic E-state index is 0.170. The Bertz CT molecular complexity index is 398. The Hall–Kier alpha value is -1.26. The lowest BCUT2D eigenvalue weighted by molar-refractivity contribution is 0.0974. The summed E-state index contributed by atoms with van der Waals surface area (Å²) in [6.45, 7) is 2.09. The van der Waals surface area contributed by atoms with Gasteiger partial charge in [-0.1, -0.05) is 6.07 Å². The van der Waals surface area contributed by atoms with Crippen molar-refractivity contribution in [3.05, 3.63) is 23.8 Å². The quantitative estimate of drug-likeness (QED) is 0.861. The minimum Gasteiger partial charge on any atom is -0.493 e. The molecule has 3 atom stereocenters. The van der Waals surface area contributed by atoms with Crippen molar-refractivity contribution in [3.63, 3.8) is 0 Å². The Morgan fingerprint density at radius 3 is 2.50 bits per heavy atom. The summed E-state index contributed by atoms with van der Waals surface area (Å²) in [6.07, 6.45) is 1.31. The molecule has 18 heavy (non-hydrogen) atoms. The highest BCUT2D eigenvalue weighted by Crippen LogP contribution is 2.33. The smallest absolute Gasteiger partial charge is 0.161 e. The molecule has 0 bridgehead atoms. The lowest BCUT2D eigenvalue weighted by Crippen LogP contribution is -2.40. The van der Waals surface area contributed by atoms with E-state index in [4.69, 9.17) is 9.47 Å². The average molecular weight is 251 g/mol. The van der Waals surface area contributed by atoms with E-state index in [9.17, 15) is 5.11 Å². The molecular formula is C14H21NO3. The first-order valence-corrected chi connectivity index (χ1v) is 6.30. The molecule has 2 rings (SSSR count). The van der Waals surface area contributed by atoms with Crippen molar-refractivity contribution in [2.24, 2.45) is 0 Å². The van der Waals surface area contributed by atoms with E-state index in [-0.39, 0.29) is 12.1 Å². The Morgan fingerprint density at radius 1 is 1.17 bits per heavy atom. The zero-order chi connectivity index (χ0) is 13.1. The van der Waals surface area contributed by atoms with Gasteiger partial charge in [0, 0.05) is 12.1 Å². The maximum Gasteiger partial charge on any atom is 0.161 e. The first-order valence-electron chi connectivity index (χ1n) is 6.30. The number of ether oxygens (including phenoxy) is 2. The summed E-state index contributed by atoms with van der Waals surface area (Å²) < 4.78 is 10.5. The molecule has 0 spiro atoms. The summed E-state index contributed by atoms with van der Waals surface area (Å²) in [5.41, 5.74) is 1.12. The van der Waals surface area contributed by atoms with E-state index < -0.39 is 0 Å². The average Bonchev–Trinajstić information content (AvgIpc) is 2.36. The number of benzene rings is 1. The van der Waals surface area contributed by atoms with E-state index >= 15 is 0 Å². The van der Waals surface area contributed by atoms with Gasteiger partial charge in [0.1, 0.15) is 0 Å². The number of methoxy groups -OCH3 is 2. The Balaban J connectivity index is 2.22. The standard InChI is InChI=1S/C14H21NO3/c1-9-6-11(16)8-12(15-9)10-4-5-13(17-2)14(7-10)18-3/h4-5,7,9,11-12,15-16H,6,8H2,1-3H3. The first kappa shape index (κ1) is 13.2. The molecule has 1 aromatic carbocycles. The first-order chi connectivity index (χ1) is 8.63. The van der Waals surface area contributed by atoms with Gasteiger partial charge in [-0.05, 0) is 37.5 Å². The van der Waals surface area contributed by atoms with Crippen LogP contribution in [-0.4, -0.2) is 31.5 Å². The zero-order valence-corrected chi connectivity index (χ0v) is 11.1. The molecule has 0 aliphatic carbocycles. The summed E-state index contributed by atoms with van der Waals surface area (Å²) in [6, 6.07) is 6.39. The van der Waals surface area contributed by atoms with E-state index in [1.807, 2.05) is 18.2 Å². The number of rotatable bonds is 3. The third-order valence-electron chi connectivity index (χ3n) is 3.43. The lowest BCUT2D eigenvalue weighted by atomic mass is 9.92. The molecule has 1 saturated heterocycles. The molecule has 4 heteroatoms. The highest BCUT2D eigenvalue weighted by atomic mass is 16.5. The number of nitrogens with one attached hydrogen (secondary N) is 1. The van der Waals surface area contributed by atoms with Gasteiger partial charge < -0.3 is 19.9 Å². The van der Waals surface area contributed by atoms with Gasteiger partial charge in [-0.2, -0.15) is 0 Å². The fourth-order valence-electron chi connectivity index (χ4n) is 2.56. The summed E-state index contributed by atoms with van der Waals surface area (Å²) in [7, 11) is 3.26. The number of aliphatic hydroxyl groups is 1. The van der Waals surface area contributed by atoms with Crippen molar-refractivity contribution in [2.75, 3.05) is 14.2 Å². The predicted octanol–water partition coefficient (Wildman–Crippen LogP) is 1.88. The monoisotopic (exact) mass is 251 g/mol. The number of piperidine rings is 1. The predicted molar refractivity (Wildman–Crippen MR) is 70.1 cm³/mol. The van der Waals surface area contributed by atoms with Gasteiger partial charge in [-0.15, -0.1) is 0 Å². The molecule has 0 saturated carbocycles. The largest absolute Gasteiger partial charge is 0.493 e. The van der Waals surface area contributed by atoms with Crippen LogP contribution in [0.4, 0.5) is 0 Å². The van der Waals surface area contributed by atoms with Gasteiger partial charge in [-0.3, -0.25) is 0 Å². The maximum absolute atomic E-state index is 9.84. The molecule has 1 fully saturated rings. The minimum atomic E-state index is -0.237. The SMILES string of the molecule is COc1ccc(C2CC(O)CC(C)N2)cc1OC. The fraction of sp³-hybridized carbons (Fsp3) is 0.571. The third kappa shape index (κ3) is 2.76. The number of hydrogen-bond acceptors (Lipinski definition) is 4. The van der Waals surface area contributed by atoms with E-state index in [2.05, 4.69) is 12.2 Å². The van der Waals surface area contributed by atoms with Crippen LogP contribution in [0.15, 0.2) is 18.2 Å². The molecule has 1 aromatic rings.